The van der Waals surface area contributed by atoms with Crippen LogP contribution in [-0.4, -0.2) is 16.6 Å². The predicted octanol–water partition coefficient (Wildman–Crippen LogP) is 5.15. The van der Waals surface area contributed by atoms with Crippen molar-refractivity contribution in [2.45, 2.75) is 46.1 Å². The number of hydrogen-bond donors (Lipinski definition) is 1. The molecule has 0 bridgehead atoms. The summed E-state index contributed by atoms with van der Waals surface area (Å²) in [5, 5.41) is 14.6. The third-order valence-corrected chi connectivity index (χ3v) is 5.89. The Kier molecular flexibility index (Phi) is 5.13. The largest absolute Gasteiger partial charge is 0.357 e. The van der Waals surface area contributed by atoms with Crippen molar-refractivity contribution in [1.82, 2.24) is 0 Å². The van der Waals surface area contributed by atoms with E-state index < -0.39 is 11.0 Å². The number of nitro benzene ring substituents is 1. The molecule has 1 aliphatic heterocycles. The quantitative estimate of drug-likeness (QED) is 0.549. The molecule has 2 aromatic carbocycles. The molecule has 1 heterocycles. The van der Waals surface area contributed by atoms with E-state index >= 15 is 0 Å². The van der Waals surface area contributed by atoms with Gasteiger partial charge >= 0.3 is 0 Å². The summed E-state index contributed by atoms with van der Waals surface area (Å²) in [6, 6.07) is 13.0. The number of nitrogens with one attached hydrogen (secondary N) is 1. The molecular weight excluding hydrogens is 394 g/mol. The van der Waals surface area contributed by atoms with E-state index in [9.17, 15) is 19.7 Å². The molecule has 2 aromatic rings. The number of non-ortho nitro benzene ring substituents is 1. The molecule has 160 valence electrons. The third kappa shape index (κ3) is 3.71. The summed E-state index contributed by atoms with van der Waals surface area (Å²) in [6.45, 7) is 5.91. The van der Waals surface area contributed by atoms with Gasteiger partial charge in [-0.1, -0.05) is 32.9 Å². The fraction of sp³-hybridized carbons (Fsp3) is 0.333. The zero-order valence-electron chi connectivity index (χ0n) is 17.8. The second-order valence-electron chi connectivity index (χ2n) is 8.84. The minimum atomic E-state index is -0.650. The second-order valence-corrected chi connectivity index (χ2v) is 8.84. The first kappa shape index (κ1) is 20.8. The zero-order chi connectivity index (χ0) is 22.3. The Bertz CT molecular complexity index is 1100. The molecule has 2 aliphatic rings. The molecule has 7 heteroatoms. The molecule has 31 heavy (non-hydrogen) atoms. The van der Waals surface area contributed by atoms with Crippen LogP contribution in [0.2, 0.25) is 0 Å². The number of carbonyl (C=O) groups is 2. The highest BCUT2D eigenvalue weighted by molar-refractivity contribution is 6.06. The van der Waals surface area contributed by atoms with Crippen molar-refractivity contribution in [3.8, 4) is 0 Å². The van der Waals surface area contributed by atoms with E-state index in [2.05, 4.69) is 19.2 Å². The minimum absolute atomic E-state index is 0.0104. The first-order valence-corrected chi connectivity index (χ1v) is 10.4. The number of fused-ring (bicyclic) bond motifs is 1. The molecule has 0 unspecified atom stereocenters. The normalized spacial score (nSPS) is 19.8. The van der Waals surface area contributed by atoms with Crippen LogP contribution in [0, 0.1) is 15.5 Å². The lowest BCUT2D eigenvalue weighted by Crippen LogP contribution is -2.39. The van der Waals surface area contributed by atoms with Crippen molar-refractivity contribution < 1.29 is 14.5 Å². The van der Waals surface area contributed by atoms with Gasteiger partial charge in [-0.3, -0.25) is 24.6 Å². The van der Waals surface area contributed by atoms with E-state index in [4.69, 9.17) is 0 Å². The standard InChI is InChI=1S/C24H25N3O4/c1-4-21(29)26-19-8-6-5-7-17(19)25-18-13-24(2,3)14-20(28)22(18)23(26)15-9-11-16(12-10-15)27(30)31/h5-12,23,25H,4,13-14H2,1-3H3/t23-/m0/s1. The van der Waals surface area contributed by atoms with Crippen molar-refractivity contribution in [3.63, 3.8) is 0 Å². The van der Waals surface area contributed by atoms with Crippen LogP contribution >= 0.6 is 0 Å². The highest BCUT2D eigenvalue weighted by Crippen LogP contribution is 2.48. The summed E-state index contributed by atoms with van der Waals surface area (Å²) in [5.74, 6) is -0.132. The minimum Gasteiger partial charge on any atom is -0.357 e. The molecule has 0 fully saturated rings. The van der Waals surface area contributed by atoms with Gasteiger partial charge in [0.1, 0.15) is 0 Å². The fourth-order valence-corrected chi connectivity index (χ4v) is 4.53. The van der Waals surface area contributed by atoms with Crippen LogP contribution in [0.5, 0.6) is 0 Å². The van der Waals surface area contributed by atoms with Gasteiger partial charge in [-0.2, -0.15) is 0 Å². The number of rotatable bonds is 3. The van der Waals surface area contributed by atoms with Gasteiger partial charge in [-0.05, 0) is 41.7 Å². The molecule has 1 N–H and O–H groups in total. The Morgan fingerprint density at radius 2 is 1.84 bits per heavy atom. The molecule has 0 saturated carbocycles. The van der Waals surface area contributed by atoms with E-state index in [1.807, 2.05) is 24.3 Å². The number of nitro groups is 1. The Hall–Kier alpha value is -3.48. The molecule has 1 atom stereocenters. The van der Waals surface area contributed by atoms with Crippen molar-refractivity contribution in [1.29, 1.82) is 0 Å². The summed E-state index contributed by atoms with van der Waals surface area (Å²) in [7, 11) is 0. The van der Waals surface area contributed by atoms with Crippen molar-refractivity contribution in [3.05, 3.63) is 75.5 Å². The van der Waals surface area contributed by atoms with Gasteiger partial charge in [-0.15, -0.1) is 0 Å². The summed E-state index contributed by atoms with van der Waals surface area (Å²) in [5.41, 5.74) is 3.27. The molecule has 4 rings (SSSR count). The lowest BCUT2D eigenvalue weighted by atomic mass is 9.73. The predicted molar refractivity (Wildman–Crippen MR) is 119 cm³/mol. The van der Waals surface area contributed by atoms with Crippen molar-refractivity contribution in [2.75, 3.05) is 10.2 Å². The molecule has 7 nitrogen and oxygen atoms in total. The highest BCUT2D eigenvalue weighted by Gasteiger charge is 2.42. The molecule has 0 aromatic heterocycles. The zero-order valence-corrected chi connectivity index (χ0v) is 17.8. The van der Waals surface area contributed by atoms with E-state index in [1.54, 1.807) is 24.0 Å². The van der Waals surface area contributed by atoms with Gasteiger partial charge in [-0.25, -0.2) is 0 Å². The summed E-state index contributed by atoms with van der Waals surface area (Å²) in [4.78, 5) is 39.0. The van der Waals surface area contributed by atoms with E-state index in [-0.39, 0.29) is 29.2 Å². The molecule has 0 saturated heterocycles. The van der Waals surface area contributed by atoms with E-state index in [0.29, 0.717) is 29.7 Å². The number of allylic oxidation sites excluding steroid dienone is 1. The second kappa shape index (κ2) is 7.65. The number of Topliss-reactive ketones (excluding diaryl/α,β-unsaturated/α-hetero) is 1. The first-order valence-electron chi connectivity index (χ1n) is 10.4. The lowest BCUT2D eigenvalue weighted by molar-refractivity contribution is -0.384. The van der Waals surface area contributed by atoms with Crippen LogP contribution in [0.25, 0.3) is 0 Å². The van der Waals surface area contributed by atoms with Gasteiger partial charge in [0.2, 0.25) is 5.91 Å². The number of benzene rings is 2. The third-order valence-electron chi connectivity index (χ3n) is 5.89. The topological polar surface area (TPSA) is 92.6 Å². The van der Waals surface area contributed by atoms with Crippen LogP contribution in [0.4, 0.5) is 17.1 Å². The number of ketones is 1. The van der Waals surface area contributed by atoms with Crippen LogP contribution < -0.4 is 10.2 Å². The Morgan fingerprint density at radius 1 is 1.16 bits per heavy atom. The number of carbonyl (C=O) groups excluding carboxylic acids is 2. The average molecular weight is 419 g/mol. The Balaban J connectivity index is 1.98. The van der Waals surface area contributed by atoms with E-state index in [0.717, 1.165) is 11.4 Å². The van der Waals surface area contributed by atoms with Gasteiger partial charge in [0.05, 0.1) is 22.3 Å². The number of para-hydroxylation sites is 2. The molecular formula is C24H25N3O4. The summed E-state index contributed by atoms with van der Waals surface area (Å²) in [6.07, 6.45) is 1.31. The van der Waals surface area contributed by atoms with Gasteiger partial charge in [0, 0.05) is 36.2 Å². The SMILES string of the molecule is CCC(=O)N1c2ccccc2NC2=C(C(=O)CC(C)(C)C2)[C@@H]1c1ccc([N+](=O)[O-])cc1. The van der Waals surface area contributed by atoms with Crippen LogP contribution in [0.3, 0.4) is 0 Å². The highest BCUT2D eigenvalue weighted by atomic mass is 16.6. The van der Waals surface area contributed by atoms with Crippen LogP contribution in [0.15, 0.2) is 59.8 Å². The van der Waals surface area contributed by atoms with Crippen molar-refractivity contribution >= 4 is 28.8 Å². The van der Waals surface area contributed by atoms with E-state index in [1.165, 1.54) is 12.1 Å². The average Bonchev–Trinajstić information content (AvgIpc) is 2.86. The maximum absolute atomic E-state index is 13.4. The molecule has 1 aliphatic carbocycles. The first-order chi connectivity index (χ1) is 14.7. The van der Waals surface area contributed by atoms with Gasteiger partial charge in [0.15, 0.2) is 5.78 Å². The summed E-state index contributed by atoms with van der Waals surface area (Å²) >= 11 is 0. The number of anilines is 2. The number of amides is 1. The number of hydrogen-bond acceptors (Lipinski definition) is 5. The molecule has 1 amide bonds. The monoisotopic (exact) mass is 419 g/mol. The number of nitrogens with zero attached hydrogens (tertiary/aromatic N) is 2. The van der Waals surface area contributed by atoms with Crippen molar-refractivity contribution in [2.24, 2.45) is 5.41 Å². The summed E-state index contributed by atoms with van der Waals surface area (Å²) < 4.78 is 0. The Labute approximate surface area is 180 Å². The molecule has 0 radical (unpaired) electrons. The molecule has 0 spiro atoms. The fourth-order valence-electron chi connectivity index (χ4n) is 4.53. The Morgan fingerprint density at radius 3 is 2.48 bits per heavy atom. The lowest BCUT2D eigenvalue weighted by Gasteiger charge is -2.37. The van der Waals surface area contributed by atoms with Gasteiger partial charge in [0.25, 0.3) is 5.69 Å². The van der Waals surface area contributed by atoms with Crippen LogP contribution in [0.1, 0.15) is 51.6 Å². The maximum Gasteiger partial charge on any atom is 0.269 e. The smallest absolute Gasteiger partial charge is 0.269 e. The maximum atomic E-state index is 13.4. The van der Waals surface area contributed by atoms with Gasteiger partial charge < -0.3 is 5.32 Å². The van der Waals surface area contributed by atoms with Crippen LogP contribution in [-0.2, 0) is 9.59 Å².